The van der Waals surface area contributed by atoms with Gasteiger partial charge in [-0.25, -0.2) is 15.0 Å². The van der Waals surface area contributed by atoms with E-state index in [0.717, 1.165) is 43.6 Å². The molecule has 0 radical (unpaired) electrons. The van der Waals surface area contributed by atoms with Crippen LogP contribution in [0, 0.1) is 0 Å². The van der Waals surface area contributed by atoms with Crippen molar-refractivity contribution in [3.8, 4) is 78.7 Å². The van der Waals surface area contributed by atoms with Crippen molar-refractivity contribution >= 4 is 31.5 Å². The molecule has 3 nitrogen and oxygen atoms in total. The van der Waals surface area contributed by atoms with E-state index in [9.17, 15) is 0 Å². The monoisotopic (exact) mass is 1050 g/mol. The number of benzene rings is 12. The van der Waals surface area contributed by atoms with Gasteiger partial charge in [-0.15, -0.1) is 11.3 Å². The van der Waals surface area contributed by atoms with Gasteiger partial charge in [0.05, 0.1) is 10.8 Å². The fourth-order valence-corrected chi connectivity index (χ4v) is 14.9. The topological polar surface area (TPSA) is 38.7 Å². The summed E-state index contributed by atoms with van der Waals surface area (Å²) in [6, 6.07) is 108. The Labute approximate surface area is 474 Å². The van der Waals surface area contributed by atoms with Crippen molar-refractivity contribution in [2.45, 2.75) is 10.8 Å². The molecule has 81 heavy (non-hydrogen) atoms. The Kier molecular flexibility index (Phi) is 10.9. The standard InChI is InChI=1S/C77H49N3S/c1-5-27-55(28-6-1)76(56-29-7-2-8-30-56)67-42-17-14-37-63(67)71-64(39-22-43-68(71)76)74-78-73(79-75(80-74)65-40-21-38-62-61-36-15-18-44-70(61)81-72(62)65)54-26-20-25-52(48-54)50-23-19-24-51(47-50)53-45-46-60-59-35-13-16-41-66(59)77(69(60)49-53,57-31-9-3-10-32-57)58-33-11-4-12-34-58/h1-49H. The van der Waals surface area contributed by atoms with Gasteiger partial charge in [0.25, 0.3) is 0 Å². The third kappa shape index (κ3) is 7.17. The first-order chi connectivity index (χ1) is 40.2. The second-order valence-electron chi connectivity index (χ2n) is 21.3. The van der Waals surface area contributed by atoms with Gasteiger partial charge in [0.2, 0.25) is 0 Å². The zero-order chi connectivity index (χ0) is 53.5. The van der Waals surface area contributed by atoms with Crippen LogP contribution in [0.3, 0.4) is 0 Å². The molecular formula is C77H49N3S. The number of hydrogen-bond acceptors (Lipinski definition) is 4. The molecule has 0 aliphatic heterocycles. The SMILES string of the molecule is c1ccc(C2(c3ccccc3)c3ccccc3-c3ccc(-c4cccc(-c5cccc(-c6nc(-c7cccc8c7-c7ccccc7C8(c7ccccc7)c7ccccc7)nc(-c7cccc8c7sc7ccccc78)n6)c5)c4)cc32)cc1. The predicted octanol–water partition coefficient (Wildman–Crippen LogP) is 19.3. The fourth-order valence-electron chi connectivity index (χ4n) is 13.7. The van der Waals surface area contributed by atoms with Gasteiger partial charge in [-0.05, 0) is 119 Å². The summed E-state index contributed by atoms with van der Waals surface area (Å²) >= 11 is 1.79. The van der Waals surface area contributed by atoms with E-state index in [1.807, 2.05) is 0 Å². The Hall–Kier alpha value is -10.1. The number of rotatable bonds is 9. The van der Waals surface area contributed by atoms with E-state index in [4.69, 9.17) is 15.0 Å². The molecule has 14 aromatic rings. The molecule has 0 N–H and O–H groups in total. The molecule has 2 heterocycles. The van der Waals surface area contributed by atoms with E-state index >= 15 is 0 Å². The van der Waals surface area contributed by atoms with E-state index in [-0.39, 0.29) is 0 Å². The van der Waals surface area contributed by atoms with E-state index in [1.54, 1.807) is 11.3 Å². The van der Waals surface area contributed by atoms with Gasteiger partial charge in [0, 0.05) is 36.9 Å². The molecular weight excluding hydrogens is 999 g/mol. The summed E-state index contributed by atoms with van der Waals surface area (Å²) < 4.78 is 2.39. The highest BCUT2D eigenvalue weighted by molar-refractivity contribution is 7.26. The molecule has 16 rings (SSSR count). The van der Waals surface area contributed by atoms with Crippen LogP contribution in [0.5, 0.6) is 0 Å². The molecule has 0 saturated carbocycles. The van der Waals surface area contributed by atoms with Crippen molar-refractivity contribution in [1.82, 2.24) is 15.0 Å². The van der Waals surface area contributed by atoms with Crippen molar-refractivity contribution in [2.24, 2.45) is 0 Å². The minimum absolute atomic E-state index is 0.489. The quantitative estimate of drug-likeness (QED) is 0.145. The van der Waals surface area contributed by atoms with Crippen LogP contribution in [-0.2, 0) is 10.8 Å². The van der Waals surface area contributed by atoms with Crippen LogP contribution in [0.2, 0.25) is 0 Å². The third-order valence-electron chi connectivity index (χ3n) is 17.1. The average Bonchev–Trinajstić information content (AvgIpc) is 4.03. The van der Waals surface area contributed by atoms with Crippen LogP contribution >= 0.6 is 11.3 Å². The Bertz CT molecular complexity index is 4680. The van der Waals surface area contributed by atoms with Crippen LogP contribution in [0.4, 0.5) is 0 Å². The molecule has 378 valence electrons. The van der Waals surface area contributed by atoms with Gasteiger partial charge in [0.15, 0.2) is 17.5 Å². The number of nitrogens with zero attached hydrogens (tertiary/aromatic N) is 3. The zero-order valence-corrected chi connectivity index (χ0v) is 44.9. The van der Waals surface area contributed by atoms with E-state index in [1.165, 1.54) is 82.2 Å². The number of thiophene rings is 1. The minimum atomic E-state index is -0.577. The van der Waals surface area contributed by atoms with Crippen molar-refractivity contribution < 1.29 is 0 Å². The van der Waals surface area contributed by atoms with Crippen molar-refractivity contribution in [3.63, 3.8) is 0 Å². The minimum Gasteiger partial charge on any atom is -0.208 e. The molecule has 0 amide bonds. The maximum atomic E-state index is 5.56. The molecule has 2 aliphatic rings. The zero-order valence-electron chi connectivity index (χ0n) is 44.0. The lowest BCUT2D eigenvalue weighted by molar-refractivity contribution is 0.768. The van der Waals surface area contributed by atoms with E-state index in [0.29, 0.717) is 17.5 Å². The fraction of sp³-hybridized carbons (Fsp3) is 0.0260. The van der Waals surface area contributed by atoms with Crippen LogP contribution in [0.1, 0.15) is 44.5 Å². The second-order valence-corrected chi connectivity index (χ2v) is 22.3. The van der Waals surface area contributed by atoms with Crippen molar-refractivity contribution in [3.05, 3.63) is 342 Å². The average molecular weight is 1050 g/mol. The highest BCUT2D eigenvalue weighted by atomic mass is 32.1. The van der Waals surface area contributed by atoms with E-state index in [2.05, 4.69) is 297 Å². The first kappa shape index (κ1) is 46.9. The molecule has 0 saturated heterocycles. The van der Waals surface area contributed by atoms with Crippen molar-refractivity contribution in [2.75, 3.05) is 0 Å². The van der Waals surface area contributed by atoms with Crippen molar-refractivity contribution in [1.29, 1.82) is 0 Å². The lowest BCUT2D eigenvalue weighted by Gasteiger charge is -2.34. The van der Waals surface area contributed by atoms with Gasteiger partial charge in [-0.1, -0.05) is 267 Å². The maximum Gasteiger partial charge on any atom is 0.165 e. The Balaban J connectivity index is 0.863. The number of fused-ring (bicyclic) bond motifs is 9. The lowest BCUT2D eigenvalue weighted by Crippen LogP contribution is -2.28. The van der Waals surface area contributed by atoms with Gasteiger partial charge in [-0.2, -0.15) is 0 Å². The molecule has 0 fully saturated rings. The predicted molar refractivity (Wildman–Crippen MR) is 335 cm³/mol. The summed E-state index contributed by atoms with van der Waals surface area (Å²) in [4.78, 5) is 16.6. The smallest absolute Gasteiger partial charge is 0.165 e. The van der Waals surface area contributed by atoms with Crippen LogP contribution in [-0.4, -0.2) is 15.0 Å². The Morgan fingerprint density at radius 2 is 0.654 bits per heavy atom. The maximum absolute atomic E-state index is 5.56. The first-order valence-electron chi connectivity index (χ1n) is 27.7. The largest absolute Gasteiger partial charge is 0.208 e. The van der Waals surface area contributed by atoms with Gasteiger partial charge in [0.1, 0.15) is 0 Å². The summed E-state index contributed by atoms with van der Waals surface area (Å²) in [5.41, 5.74) is 21.1. The van der Waals surface area contributed by atoms with Crippen LogP contribution < -0.4 is 0 Å². The van der Waals surface area contributed by atoms with E-state index < -0.39 is 10.8 Å². The summed E-state index contributed by atoms with van der Waals surface area (Å²) in [6.45, 7) is 0. The molecule has 2 aromatic heterocycles. The van der Waals surface area contributed by atoms with Crippen LogP contribution in [0.15, 0.2) is 297 Å². The number of hydrogen-bond donors (Lipinski definition) is 0. The normalized spacial score (nSPS) is 13.4. The molecule has 0 unspecified atom stereocenters. The molecule has 0 bridgehead atoms. The van der Waals surface area contributed by atoms with Gasteiger partial charge < -0.3 is 0 Å². The molecule has 4 heteroatoms. The molecule has 0 atom stereocenters. The molecule has 0 spiro atoms. The van der Waals surface area contributed by atoms with Gasteiger partial charge >= 0.3 is 0 Å². The second kappa shape index (κ2) is 18.8. The Morgan fingerprint density at radius 3 is 1.30 bits per heavy atom. The summed E-state index contributed by atoms with van der Waals surface area (Å²) in [6.07, 6.45) is 0. The summed E-state index contributed by atoms with van der Waals surface area (Å²) in [7, 11) is 0. The highest BCUT2D eigenvalue weighted by Gasteiger charge is 2.48. The Morgan fingerprint density at radius 1 is 0.247 bits per heavy atom. The van der Waals surface area contributed by atoms with Gasteiger partial charge in [-0.3, -0.25) is 0 Å². The summed E-state index contributed by atoms with van der Waals surface area (Å²) in [5.74, 6) is 1.88. The first-order valence-corrected chi connectivity index (χ1v) is 28.6. The summed E-state index contributed by atoms with van der Waals surface area (Å²) in [5, 5.41) is 2.43. The molecule has 2 aliphatic carbocycles. The number of aromatic nitrogens is 3. The lowest BCUT2D eigenvalue weighted by atomic mass is 9.67. The highest BCUT2D eigenvalue weighted by Crippen LogP contribution is 2.59. The molecule has 12 aromatic carbocycles. The third-order valence-corrected chi connectivity index (χ3v) is 18.3. The van der Waals surface area contributed by atoms with Crippen LogP contribution in [0.25, 0.3) is 98.8 Å².